The molecule has 0 N–H and O–H groups in total. The molecule has 0 saturated carbocycles. The highest BCUT2D eigenvalue weighted by atomic mass is 79.9. The van der Waals surface area contributed by atoms with Gasteiger partial charge in [-0.2, -0.15) is 0 Å². The third-order valence-corrected chi connectivity index (χ3v) is 3.27. The molecule has 0 aliphatic heterocycles. The van der Waals surface area contributed by atoms with Crippen LogP contribution in [0.15, 0.2) is 12.1 Å². The monoisotopic (exact) mass is 302 g/mol. The van der Waals surface area contributed by atoms with E-state index in [1.807, 2.05) is 12.1 Å². The minimum Gasteiger partial charge on any atom is -0.493 e. The number of methoxy groups -OCH3 is 3. The van der Waals surface area contributed by atoms with Gasteiger partial charge in [0.15, 0.2) is 11.5 Å². The van der Waals surface area contributed by atoms with Crippen LogP contribution in [0.1, 0.15) is 24.8 Å². The molecule has 0 aliphatic carbocycles. The van der Waals surface area contributed by atoms with Crippen LogP contribution < -0.4 is 14.2 Å². The maximum Gasteiger partial charge on any atom is 0.203 e. The summed E-state index contributed by atoms with van der Waals surface area (Å²) in [6, 6.07) is 3.95. The maximum absolute atomic E-state index is 5.46. The molecule has 0 amide bonds. The SMILES string of the molecule is COc1ccc(C(C)CCBr)c(OC)c1OC. The highest BCUT2D eigenvalue weighted by Gasteiger charge is 2.19. The van der Waals surface area contributed by atoms with Gasteiger partial charge in [0.25, 0.3) is 0 Å². The third-order valence-electron chi connectivity index (χ3n) is 2.81. The topological polar surface area (TPSA) is 27.7 Å². The smallest absolute Gasteiger partial charge is 0.203 e. The predicted octanol–water partition coefficient (Wildman–Crippen LogP) is 3.60. The van der Waals surface area contributed by atoms with Crippen molar-refractivity contribution >= 4 is 15.9 Å². The van der Waals surface area contributed by atoms with Crippen molar-refractivity contribution in [2.75, 3.05) is 26.7 Å². The largest absolute Gasteiger partial charge is 0.493 e. The molecule has 0 heterocycles. The van der Waals surface area contributed by atoms with Crippen LogP contribution in [-0.4, -0.2) is 26.7 Å². The van der Waals surface area contributed by atoms with Gasteiger partial charge >= 0.3 is 0 Å². The van der Waals surface area contributed by atoms with Gasteiger partial charge in [0, 0.05) is 10.9 Å². The van der Waals surface area contributed by atoms with Crippen molar-refractivity contribution in [3.63, 3.8) is 0 Å². The molecule has 0 spiro atoms. The van der Waals surface area contributed by atoms with E-state index in [2.05, 4.69) is 22.9 Å². The van der Waals surface area contributed by atoms with Crippen LogP contribution in [0.5, 0.6) is 17.2 Å². The van der Waals surface area contributed by atoms with Crippen LogP contribution in [0.4, 0.5) is 0 Å². The van der Waals surface area contributed by atoms with Gasteiger partial charge in [-0.05, 0) is 18.4 Å². The summed E-state index contributed by atoms with van der Waals surface area (Å²) in [5.74, 6) is 2.53. The van der Waals surface area contributed by atoms with Crippen molar-refractivity contribution in [3.8, 4) is 17.2 Å². The molecule has 0 bridgehead atoms. The molecule has 3 nitrogen and oxygen atoms in total. The number of halogens is 1. The maximum atomic E-state index is 5.46. The lowest BCUT2D eigenvalue weighted by Gasteiger charge is -2.19. The van der Waals surface area contributed by atoms with Gasteiger partial charge in [-0.3, -0.25) is 0 Å². The van der Waals surface area contributed by atoms with Gasteiger partial charge in [-0.1, -0.05) is 28.9 Å². The molecule has 1 aromatic carbocycles. The lowest BCUT2D eigenvalue weighted by atomic mass is 9.97. The summed E-state index contributed by atoms with van der Waals surface area (Å²) >= 11 is 3.46. The molecule has 1 atom stereocenters. The average Bonchev–Trinajstić information content (AvgIpc) is 2.36. The van der Waals surface area contributed by atoms with Crippen LogP contribution in [0, 0.1) is 0 Å². The van der Waals surface area contributed by atoms with Gasteiger partial charge in [-0.25, -0.2) is 0 Å². The highest BCUT2D eigenvalue weighted by Crippen LogP contribution is 2.43. The number of benzene rings is 1. The molecule has 0 radical (unpaired) electrons. The lowest BCUT2D eigenvalue weighted by Crippen LogP contribution is -2.02. The Hall–Kier alpha value is -0.900. The third kappa shape index (κ3) is 3.06. The zero-order valence-electron chi connectivity index (χ0n) is 10.7. The van der Waals surface area contributed by atoms with Gasteiger partial charge < -0.3 is 14.2 Å². The molecule has 0 aromatic heterocycles. The van der Waals surface area contributed by atoms with Crippen LogP contribution in [0.3, 0.4) is 0 Å². The normalized spacial score (nSPS) is 12.1. The Balaban J connectivity index is 3.22. The fourth-order valence-electron chi connectivity index (χ4n) is 1.83. The molecule has 0 saturated heterocycles. The lowest BCUT2D eigenvalue weighted by molar-refractivity contribution is 0.321. The van der Waals surface area contributed by atoms with E-state index < -0.39 is 0 Å². The van der Waals surface area contributed by atoms with E-state index in [1.54, 1.807) is 21.3 Å². The summed E-state index contributed by atoms with van der Waals surface area (Å²) in [4.78, 5) is 0. The molecule has 96 valence electrons. The first-order chi connectivity index (χ1) is 8.19. The second-order valence-corrected chi connectivity index (χ2v) is 4.60. The fourth-order valence-corrected chi connectivity index (χ4v) is 2.52. The van der Waals surface area contributed by atoms with Crippen LogP contribution in [0.2, 0.25) is 0 Å². The van der Waals surface area contributed by atoms with Crippen LogP contribution in [-0.2, 0) is 0 Å². The van der Waals surface area contributed by atoms with Crippen LogP contribution >= 0.6 is 15.9 Å². The zero-order valence-corrected chi connectivity index (χ0v) is 12.3. The van der Waals surface area contributed by atoms with Gasteiger partial charge in [0.05, 0.1) is 21.3 Å². The molecule has 0 fully saturated rings. The van der Waals surface area contributed by atoms with Gasteiger partial charge in [-0.15, -0.1) is 0 Å². The second kappa shape index (κ2) is 6.74. The Morgan fingerprint density at radius 1 is 1.06 bits per heavy atom. The number of ether oxygens (including phenoxy) is 3. The fraction of sp³-hybridized carbons (Fsp3) is 0.538. The second-order valence-electron chi connectivity index (χ2n) is 3.80. The number of hydrogen-bond acceptors (Lipinski definition) is 3. The molecular formula is C13H19BrO3. The summed E-state index contributed by atoms with van der Waals surface area (Å²) in [5, 5.41) is 0.964. The number of alkyl halides is 1. The quantitative estimate of drug-likeness (QED) is 0.752. The first-order valence-corrected chi connectivity index (χ1v) is 6.66. The van der Waals surface area contributed by atoms with E-state index in [-0.39, 0.29) is 0 Å². The van der Waals surface area contributed by atoms with Gasteiger partial charge in [0.2, 0.25) is 5.75 Å². The molecule has 4 heteroatoms. The van der Waals surface area contributed by atoms with Crippen molar-refractivity contribution in [2.45, 2.75) is 19.3 Å². The van der Waals surface area contributed by atoms with Crippen molar-refractivity contribution in [3.05, 3.63) is 17.7 Å². The Kier molecular flexibility index (Phi) is 5.62. The minimum absolute atomic E-state index is 0.407. The molecule has 1 rings (SSSR count). The Morgan fingerprint density at radius 2 is 1.71 bits per heavy atom. The average molecular weight is 303 g/mol. The van der Waals surface area contributed by atoms with Crippen molar-refractivity contribution in [2.24, 2.45) is 0 Å². The summed E-state index contributed by atoms with van der Waals surface area (Å²) in [6.45, 7) is 2.17. The summed E-state index contributed by atoms with van der Waals surface area (Å²) in [5.41, 5.74) is 1.14. The Bertz CT molecular complexity index is 366. The first-order valence-electron chi connectivity index (χ1n) is 5.54. The van der Waals surface area contributed by atoms with Crippen molar-refractivity contribution in [1.82, 2.24) is 0 Å². The summed E-state index contributed by atoms with van der Waals surface area (Å²) in [6.07, 6.45) is 1.05. The number of rotatable bonds is 6. The first kappa shape index (κ1) is 14.2. The molecule has 1 aromatic rings. The summed E-state index contributed by atoms with van der Waals surface area (Å²) in [7, 11) is 4.90. The molecule has 17 heavy (non-hydrogen) atoms. The van der Waals surface area contributed by atoms with Crippen LogP contribution in [0.25, 0.3) is 0 Å². The number of hydrogen-bond donors (Lipinski definition) is 0. The van der Waals surface area contributed by atoms with Crippen molar-refractivity contribution in [1.29, 1.82) is 0 Å². The standard InChI is InChI=1S/C13H19BrO3/c1-9(7-8-14)10-5-6-11(15-2)13(17-4)12(10)16-3/h5-6,9H,7-8H2,1-4H3. The summed E-state index contributed by atoms with van der Waals surface area (Å²) < 4.78 is 16.1. The molecule has 0 aliphatic rings. The zero-order chi connectivity index (χ0) is 12.8. The Morgan fingerprint density at radius 3 is 2.18 bits per heavy atom. The highest BCUT2D eigenvalue weighted by molar-refractivity contribution is 9.09. The van der Waals surface area contributed by atoms with E-state index in [0.717, 1.165) is 23.1 Å². The minimum atomic E-state index is 0.407. The van der Waals surface area contributed by atoms with E-state index in [4.69, 9.17) is 14.2 Å². The molecule has 1 unspecified atom stereocenters. The van der Waals surface area contributed by atoms with E-state index in [9.17, 15) is 0 Å². The predicted molar refractivity (Wildman–Crippen MR) is 72.9 cm³/mol. The Labute approximate surface area is 111 Å². The molecular weight excluding hydrogens is 284 g/mol. The van der Waals surface area contributed by atoms with E-state index in [0.29, 0.717) is 17.4 Å². The van der Waals surface area contributed by atoms with Crippen molar-refractivity contribution < 1.29 is 14.2 Å². The van der Waals surface area contributed by atoms with Gasteiger partial charge in [0.1, 0.15) is 0 Å². The van der Waals surface area contributed by atoms with E-state index >= 15 is 0 Å². The van der Waals surface area contributed by atoms with E-state index in [1.165, 1.54) is 0 Å².